The molecule has 0 N–H and O–H groups in total. The molecule has 5 heteroatoms. The number of hydrogen-bond donors (Lipinski definition) is 0. The Morgan fingerprint density at radius 3 is 2.96 bits per heavy atom. The zero-order valence-corrected chi connectivity index (χ0v) is 14.3. The van der Waals surface area contributed by atoms with Crippen LogP contribution in [0.25, 0.3) is 0 Å². The Morgan fingerprint density at radius 1 is 1.35 bits per heavy atom. The Kier molecular flexibility index (Phi) is 4.98. The van der Waals surface area contributed by atoms with Crippen molar-refractivity contribution >= 4 is 17.3 Å². The van der Waals surface area contributed by atoms with Gasteiger partial charge in [-0.05, 0) is 36.4 Å². The summed E-state index contributed by atoms with van der Waals surface area (Å²) < 4.78 is 10.8. The van der Waals surface area contributed by atoms with E-state index in [2.05, 4.69) is 16.3 Å². The Bertz CT molecular complexity index is 682. The van der Waals surface area contributed by atoms with Gasteiger partial charge < -0.3 is 9.47 Å². The van der Waals surface area contributed by atoms with Crippen molar-refractivity contribution in [1.82, 2.24) is 4.90 Å². The molecule has 1 unspecified atom stereocenters. The smallest absolute Gasteiger partial charge is 0.327 e. The first-order chi connectivity index (χ1) is 11.2. The van der Waals surface area contributed by atoms with Gasteiger partial charge in [-0.2, -0.15) is 0 Å². The van der Waals surface area contributed by atoms with Crippen LogP contribution in [0.3, 0.4) is 0 Å². The molecule has 3 rings (SSSR count). The number of carbonyl (C=O) groups is 1. The number of thiophene rings is 1. The molecule has 1 atom stereocenters. The highest BCUT2D eigenvalue weighted by atomic mass is 32.1. The second-order valence-electron chi connectivity index (χ2n) is 5.49. The molecule has 0 spiro atoms. The molecular formula is C18H21NO3S. The molecule has 4 nitrogen and oxygen atoms in total. The molecule has 2 aromatic rings. The molecule has 1 aliphatic heterocycles. The fraction of sp³-hybridized carbons (Fsp3) is 0.389. The number of rotatable bonds is 5. The third kappa shape index (κ3) is 3.26. The summed E-state index contributed by atoms with van der Waals surface area (Å²) in [6, 6.07) is 9.44. The molecule has 1 aromatic carbocycles. The molecule has 0 aliphatic carbocycles. The Balaban J connectivity index is 1.95. The summed E-state index contributed by atoms with van der Waals surface area (Å²) >= 11 is 1.79. The van der Waals surface area contributed by atoms with Gasteiger partial charge in [0.15, 0.2) is 0 Å². The van der Waals surface area contributed by atoms with E-state index in [4.69, 9.17) is 9.47 Å². The molecular weight excluding hydrogens is 310 g/mol. The molecule has 0 bridgehead atoms. The van der Waals surface area contributed by atoms with Crippen LogP contribution < -0.4 is 4.74 Å². The van der Waals surface area contributed by atoms with E-state index in [0.717, 1.165) is 30.8 Å². The summed E-state index contributed by atoms with van der Waals surface area (Å²) in [7, 11) is 1.44. The fourth-order valence-corrected chi connectivity index (χ4v) is 3.96. The van der Waals surface area contributed by atoms with Gasteiger partial charge in [0.25, 0.3) is 0 Å². The maximum atomic E-state index is 12.5. The third-order valence-electron chi connectivity index (χ3n) is 4.14. The summed E-state index contributed by atoms with van der Waals surface area (Å²) in [5.74, 6) is 0.511. The van der Waals surface area contributed by atoms with Crippen molar-refractivity contribution in [2.75, 3.05) is 20.3 Å². The first kappa shape index (κ1) is 16.0. The summed E-state index contributed by atoms with van der Waals surface area (Å²) in [6.45, 7) is 4.12. The zero-order valence-electron chi connectivity index (χ0n) is 13.5. The van der Waals surface area contributed by atoms with E-state index in [1.165, 1.54) is 17.6 Å². The van der Waals surface area contributed by atoms with Crippen molar-refractivity contribution in [2.24, 2.45) is 0 Å². The van der Waals surface area contributed by atoms with Gasteiger partial charge in [0.1, 0.15) is 11.8 Å². The summed E-state index contributed by atoms with van der Waals surface area (Å²) in [5, 5.41) is 2.12. The maximum absolute atomic E-state index is 12.5. The van der Waals surface area contributed by atoms with Crippen LogP contribution in [-0.2, 0) is 22.5 Å². The maximum Gasteiger partial charge on any atom is 0.327 e. The number of carbonyl (C=O) groups excluding carboxylic acids is 1. The van der Waals surface area contributed by atoms with Crippen LogP contribution >= 0.6 is 11.3 Å². The summed E-state index contributed by atoms with van der Waals surface area (Å²) in [5.41, 5.74) is 2.18. The van der Waals surface area contributed by atoms with Crippen molar-refractivity contribution in [3.8, 4) is 5.75 Å². The predicted molar refractivity (Wildman–Crippen MR) is 90.8 cm³/mol. The SMILES string of the molecule is CCOc1ccccc1C(C(=O)OC)N1CCc2sccc2C1. The molecule has 0 fully saturated rings. The Morgan fingerprint density at radius 2 is 2.17 bits per heavy atom. The minimum atomic E-state index is -0.434. The van der Waals surface area contributed by atoms with Crippen LogP contribution in [-0.4, -0.2) is 31.1 Å². The number of hydrogen-bond acceptors (Lipinski definition) is 5. The normalized spacial score (nSPS) is 15.7. The Labute approximate surface area is 140 Å². The lowest BCUT2D eigenvalue weighted by molar-refractivity contribution is -0.147. The molecule has 0 saturated heterocycles. The molecule has 1 aliphatic rings. The van der Waals surface area contributed by atoms with Gasteiger partial charge in [-0.15, -0.1) is 11.3 Å². The third-order valence-corrected chi connectivity index (χ3v) is 5.16. The lowest BCUT2D eigenvalue weighted by atomic mass is 10.0. The predicted octanol–water partition coefficient (Wildman–Crippen LogP) is 3.42. The number of fused-ring (bicyclic) bond motifs is 1. The van der Waals surface area contributed by atoms with E-state index in [-0.39, 0.29) is 5.97 Å². The number of para-hydroxylation sites is 1. The largest absolute Gasteiger partial charge is 0.494 e. The van der Waals surface area contributed by atoms with Gasteiger partial charge in [0.05, 0.1) is 13.7 Å². The minimum Gasteiger partial charge on any atom is -0.494 e. The average Bonchev–Trinajstić information content (AvgIpc) is 3.04. The quantitative estimate of drug-likeness (QED) is 0.787. The van der Waals surface area contributed by atoms with Gasteiger partial charge >= 0.3 is 5.97 Å². The van der Waals surface area contributed by atoms with Crippen LogP contribution in [0, 0.1) is 0 Å². The topological polar surface area (TPSA) is 38.8 Å². The zero-order chi connectivity index (χ0) is 16.2. The summed E-state index contributed by atoms with van der Waals surface area (Å²) in [4.78, 5) is 16.1. The van der Waals surface area contributed by atoms with Crippen LogP contribution in [0.15, 0.2) is 35.7 Å². The van der Waals surface area contributed by atoms with E-state index >= 15 is 0 Å². The molecule has 2 heterocycles. The van der Waals surface area contributed by atoms with Crippen LogP contribution in [0.5, 0.6) is 5.75 Å². The van der Waals surface area contributed by atoms with E-state index in [1.54, 1.807) is 11.3 Å². The van der Waals surface area contributed by atoms with Gasteiger partial charge in [-0.25, -0.2) is 4.79 Å². The van der Waals surface area contributed by atoms with E-state index < -0.39 is 6.04 Å². The minimum absolute atomic E-state index is 0.240. The van der Waals surface area contributed by atoms with Crippen molar-refractivity contribution in [3.63, 3.8) is 0 Å². The van der Waals surface area contributed by atoms with Gasteiger partial charge in [0, 0.05) is 23.5 Å². The summed E-state index contributed by atoms with van der Waals surface area (Å²) in [6.07, 6.45) is 0.970. The van der Waals surface area contributed by atoms with Gasteiger partial charge in [-0.1, -0.05) is 18.2 Å². The monoisotopic (exact) mass is 331 g/mol. The number of esters is 1. The van der Waals surface area contributed by atoms with Gasteiger partial charge in [0.2, 0.25) is 0 Å². The van der Waals surface area contributed by atoms with Crippen molar-refractivity contribution in [2.45, 2.75) is 25.9 Å². The van der Waals surface area contributed by atoms with Crippen LogP contribution in [0.4, 0.5) is 0 Å². The highest BCUT2D eigenvalue weighted by Crippen LogP contribution is 2.35. The lowest BCUT2D eigenvalue weighted by Crippen LogP contribution is -2.38. The Hall–Kier alpha value is -1.85. The molecule has 0 radical (unpaired) electrons. The second-order valence-corrected chi connectivity index (χ2v) is 6.49. The number of methoxy groups -OCH3 is 1. The van der Waals surface area contributed by atoms with E-state index in [1.807, 2.05) is 31.2 Å². The van der Waals surface area contributed by atoms with E-state index in [9.17, 15) is 4.79 Å². The van der Waals surface area contributed by atoms with Crippen LogP contribution in [0.2, 0.25) is 0 Å². The highest BCUT2D eigenvalue weighted by Gasteiger charge is 2.33. The second kappa shape index (κ2) is 7.15. The first-order valence-corrected chi connectivity index (χ1v) is 8.71. The fourth-order valence-electron chi connectivity index (χ4n) is 3.07. The van der Waals surface area contributed by atoms with Gasteiger partial charge in [-0.3, -0.25) is 4.90 Å². The molecule has 0 saturated carbocycles. The standard InChI is InChI=1S/C18H21NO3S/c1-3-22-15-7-5-4-6-14(15)17(18(20)21-2)19-10-8-16-13(12-19)9-11-23-16/h4-7,9,11,17H,3,8,10,12H2,1-2H3. The number of ether oxygens (including phenoxy) is 2. The molecule has 0 amide bonds. The highest BCUT2D eigenvalue weighted by molar-refractivity contribution is 7.10. The molecule has 122 valence electrons. The van der Waals surface area contributed by atoms with Crippen molar-refractivity contribution in [1.29, 1.82) is 0 Å². The average molecular weight is 331 g/mol. The van der Waals surface area contributed by atoms with Crippen molar-refractivity contribution < 1.29 is 14.3 Å². The molecule has 1 aromatic heterocycles. The van der Waals surface area contributed by atoms with Crippen molar-refractivity contribution in [3.05, 3.63) is 51.7 Å². The molecule has 23 heavy (non-hydrogen) atoms. The lowest BCUT2D eigenvalue weighted by Gasteiger charge is -2.33. The number of benzene rings is 1. The number of nitrogens with zero attached hydrogens (tertiary/aromatic N) is 1. The van der Waals surface area contributed by atoms with E-state index in [0.29, 0.717) is 6.61 Å². The first-order valence-electron chi connectivity index (χ1n) is 7.83. The van der Waals surface area contributed by atoms with Crippen LogP contribution in [0.1, 0.15) is 29.0 Å².